The van der Waals surface area contributed by atoms with Crippen molar-refractivity contribution >= 4 is 34.4 Å². The number of carboxylic acid groups (broad SMARTS) is 1. The highest BCUT2D eigenvalue weighted by atomic mass is 35.5. The van der Waals surface area contributed by atoms with E-state index in [0.29, 0.717) is 54.1 Å². The number of carbonyl (C=O) groups excluding carboxylic acids is 1. The largest absolute Gasteiger partial charge is 0.481 e. The molecule has 2 aromatic heterocycles. The number of nitrogens with one attached hydrogen (secondary N) is 2. The number of benzene rings is 3. The fourth-order valence-corrected chi connectivity index (χ4v) is 5.10. The fraction of sp³-hybridized carbons (Fsp3) is 0.219. The van der Waals surface area contributed by atoms with Crippen molar-refractivity contribution in [1.82, 2.24) is 20.1 Å². The average Bonchev–Trinajstić information content (AvgIpc) is 3.52. The van der Waals surface area contributed by atoms with E-state index in [0.717, 1.165) is 33.3 Å². The van der Waals surface area contributed by atoms with Gasteiger partial charge in [-0.25, -0.2) is 4.39 Å². The van der Waals surface area contributed by atoms with Gasteiger partial charge in [0.15, 0.2) is 0 Å². The molecule has 0 bridgehead atoms. The van der Waals surface area contributed by atoms with Crippen LogP contribution in [0.4, 0.5) is 4.39 Å². The molecule has 0 fully saturated rings. The van der Waals surface area contributed by atoms with E-state index < -0.39 is 5.97 Å². The Balaban J connectivity index is 1.59. The first kappa shape index (κ1) is 28.1. The van der Waals surface area contributed by atoms with Gasteiger partial charge in [0.05, 0.1) is 18.4 Å². The van der Waals surface area contributed by atoms with Crippen LogP contribution < -0.4 is 5.32 Å². The van der Waals surface area contributed by atoms with Gasteiger partial charge in [-0.3, -0.25) is 14.3 Å². The number of carbonyl (C=O) groups is 2. The molecule has 210 valence electrons. The van der Waals surface area contributed by atoms with Gasteiger partial charge in [0.2, 0.25) is 0 Å². The molecule has 3 aromatic carbocycles. The number of fused-ring (bicyclic) bond motifs is 1. The van der Waals surface area contributed by atoms with Crippen LogP contribution in [0.15, 0.2) is 72.9 Å². The summed E-state index contributed by atoms with van der Waals surface area (Å²) in [5, 5.41) is 17.9. The number of H-pyrrole nitrogens is 1. The summed E-state index contributed by atoms with van der Waals surface area (Å²) in [4.78, 5) is 27.7. The predicted molar refractivity (Wildman–Crippen MR) is 159 cm³/mol. The second kappa shape index (κ2) is 12.4. The summed E-state index contributed by atoms with van der Waals surface area (Å²) in [6.45, 7) is 2.90. The summed E-state index contributed by atoms with van der Waals surface area (Å²) >= 11 is 6.32. The average molecular weight is 573 g/mol. The smallest absolute Gasteiger partial charge is 0.303 e. The monoisotopic (exact) mass is 572 g/mol. The molecule has 2 heterocycles. The molecule has 0 aliphatic heterocycles. The lowest BCUT2D eigenvalue weighted by Crippen LogP contribution is -2.25. The number of aryl methyl sites for hydroxylation is 1. The molecule has 0 aliphatic rings. The quantitative estimate of drug-likeness (QED) is 0.145. The standard InChI is InChI=1S/C32H30ClFN4O3/c1-20-6-8-21(9-7-20)19-38-31(26(18-36-38)22-10-13-24(34)14-11-22)29-25-15-12-23(33)17-27(25)37-30(29)32(41)35-16-4-2-3-5-28(39)40/h6-15,17-18,37H,2-5,16,19H2,1H3,(H,35,41)(H,39,40). The minimum atomic E-state index is -0.824. The molecule has 9 heteroatoms. The van der Waals surface area contributed by atoms with Crippen LogP contribution in [0.25, 0.3) is 33.3 Å². The highest BCUT2D eigenvalue weighted by Gasteiger charge is 2.26. The third kappa shape index (κ3) is 6.49. The summed E-state index contributed by atoms with van der Waals surface area (Å²) in [7, 11) is 0. The van der Waals surface area contributed by atoms with Gasteiger partial charge in [0.1, 0.15) is 11.5 Å². The topological polar surface area (TPSA) is 100 Å². The minimum Gasteiger partial charge on any atom is -0.481 e. The van der Waals surface area contributed by atoms with E-state index in [-0.39, 0.29) is 18.1 Å². The van der Waals surface area contributed by atoms with Crippen LogP contribution in [0, 0.1) is 12.7 Å². The van der Waals surface area contributed by atoms with Gasteiger partial charge in [-0.1, -0.05) is 66.0 Å². The molecule has 41 heavy (non-hydrogen) atoms. The molecule has 0 atom stereocenters. The Morgan fingerprint density at radius 3 is 2.51 bits per heavy atom. The zero-order chi connectivity index (χ0) is 28.9. The zero-order valence-electron chi connectivity index (χ0n) is 22.6. The van der Waals surface area contributed by atoms with Gasteiger partial charge < -0.3 is 15.4 Å². The number of amides is 1. The van der Waals surface area contributed by atoms with Crippen LogP contribution in [0.5, 0.6) is 0 Å². The van der Waals surface area contributed by atoms with Crippen LogP contribution in [-0.2, 0) is 11.3 Å². The maximum Gasteiger partial charge on any atom is 0.303 e. The Hall–Kier alpha value is -4.43. The van der Waals surface area contributed by atoms with Crippen molar-refractivity contribution in [2.75, 3.05) is 6.54 Å². The molecule has 3 N–H and O–H groups in total. The number of rotatable bonds is 11. The molecule has 0 saturated carbocycles. The van der Waals surface area contributed by atoms with Crippen molar-refractivity contribution in [2.24, 2.45) is 0 Å². The Morgan fingerprint density at radius 2 is 1.78 bits per heavy atom. The molecule has 0 spiro atoms. The number of aromatic nitrogens is 3. The molecular weight excluding hydrogens is 543 g/mol. The number of nitrogens with zero attached hydrogens (tertiary/aromatic N) is 2. The van der Waals surface area contributed by atoms with Crippen LogP contribution in [0.2, 0.25) is 5.02 Å². The highest BCUT2D eigenvalue weighted by molar-refractivity contribution is 6.31. The summed E-state index contributed by atoms with van der Waals surface area (Å²) < 4.78 is 15.7. The number of unbranched alkanes of at least 4 members (excludes halogenated alkanes) is 2. The molecule has 5 aromatic rings. The van der Waals surface area contributed by atoms with Crippen LogP contribution in [0.1, 0.15) is 47.3 Å². The van der Waals surface area contributed by atoms with Crippen LogP contribution >= 0.6 is 11.6 Å². The maximum absolute atomic E-state index is 13.8. The first-order valence-electron chi connectivity index (χ1n) is 13.5. The summed E-state index contributed by atoms with van der Waals surface area (Å²) in [6.07, 6.45) is 3.76. The number of halogens is 2. The first-order valence-corrected chi connectivity index (χ1v) is 13.9. The molecule has 0 radical (unpaired) electrons. The van der Waals surface area contributed by atoms with Crippen molar-refractivity contribution in [3.8, 4) is 22.4 Å². The lowest BCUT2D eigenvalue weighted by molar-refractivity contribution is -0.137. The van der Waals surface area contributed by atoms with Gasteiger partial charge in [-0.2, -0.15) is 5.10 Å². The van der Waals surface area contributed by atoms with Gasteiger partial charge in [-0.15, -0.1) is 0 Å². The van der Waals surface area contributed by atoms with E-state index in [4.69, 9.17) is 21.8 Å². The fourth-order valence-electron chi connectivity index (χ4n) is 4.93. The van der Waals surface area contributed by atoms with E-state index in [9.17, 15) is 14.0 Å². The molecule has 7 nitrogen and oxygen atoms in total. The second-order valence-corrected chi connectivity index (χ2v) is 10.5. The Kier molecular flexibility index (Phi) is 8.50. The first-order chi connectivity index (χ1) is 19.8. The highest BCUT2D eigenvalue weighted by Crippen LogP contribution is 2.40. The van der Waals surface area contributed by atoms with Crippen molar-refractivity contribution in [3.63, 3.8) is 0 Å². The van der Waals surface area contributed by atoms with Gasteiger partial charge in [0, 0.05) is 40.0 Å². The SMILES string of the molecule is Cc1ccc(Cn2ncc(-c3ccc(F)cc3)c2-c2c(C(=O)NCCCCCC(=O)O)[nH]c3cc(Cl)ccc23)cc1. The molecule has 0 unspecified atom stereocenters. The molecule has 5 rings (SSSR count). The van der Waals surface area contributed by atoms with E-state index in [2.05, 4.69) is 10.3 Å². The summed E-state index contributed by atoms with van der Waals surface area (Å²) in [5.74, 6) is -1.46. The van der Waals surface area contributed by atoms with E-state index in [1.807, 2.05) is 41.9 Å². The van der Waals surface area contributed by atoms with Gasteiger partial charge in [-0.05, 0) is 55.2 Å². The summed E-state index contributed by atoms with van der Waals surface area (Å²) in [5.41, 5.74) is 6.17. The van der Waals surface area contributed by atoms with Crippen LogP contribution in [0.3, 0.4) is 0 Å². The van der Waals surface area contributed by atoms with Gasteiger partial charge >= 0.3 is 5.97 Å². The molecule has 0 saturated heterocycles. The number of aliphatic carboxylic acids is 1. The van der Waals surface area contributed by atoms with Crippen molar-refractivity contribution in [2.45, 2.75) is 39.2 Å². The summed E-state index contributed by atoms with van der Waals surface area (Å²) in [6, 6.07) is 19.8. The Labute approximate surface area is 242 Å². The Bertz CT molecular complexity index is 1690. The number of hydrogen-bond donors (Lipinski definition) is 3. The number of aromatic amines is 1. The van der Waals surface area contributed by atoms with Crippen molar-refractivity contribution in [3.05, 3.63) is 101 Å². The van der Waals surface area contributed by atoms with E-state index in [1.54, 1.807) is 30.5 Å². The molecular formula is C32H30ClFN4O3. The van der Waals surface area contributed by atoms with E-state index >= 15 is 0 Å². The number of hydrogen-bond acceptors (Lipinski definition) is 3. The Morgan fingerprint density at radius 1 is 1.02 bits per heavy atom. The predicted octanol–water partition coefficient (Wildman–Crippen LogP) is 7.22. The van der Waals surface area contributed by atoms with Crippen molar-refractivity contribution in [1.29, 1.82) is 0 Å². The third-order valence-corrected chi connectivity index (χ3v) is 7.26. The normalized spacial score (nSPS) is 11.2. The van der Waals surface area contributed by atoms with Gasteiger partial charge in [0.25, 0.3) is 5.91 Å². The maximum atomic E-state index is 13.8. The minimum absolute atomic E-state index is 0.109. The van der Waals surface area contributed by atoms with Crippen molar-refractivity contribution < 1.29 is 19.1 Å². The lowest BCUT2D eigenvalue weighted by Gasteiger charge is -2.13. The zero-order valence-corrected chi connectivity index (χ0v) is 23.3. The number of carboxylic acids is 1. The van der Waals surface area contributed by atoms with E-state index in [1.165, 1.54) is 12.1 Å². The van der Waals surface area contributed by atoms with Crippen LogP contribution in [-0.4, -0.2) is 38.3 Å². The molecule has 1 amide bonds. The third-order valence-electron chi connectivity index (χ3n) is 7.03. The molecule has 0 aliphatic carbocycles. The second-order valence-electron chi connectivity index (χ2n) is 10.1. The lowest BCUT2D eigenvalue weighted by atomic mass is 9.98.